The lowest BCUT2D eigenvalue weighted by molar-refractivity contribution is -0.113. The Morgan fingerprint density at radius 1 is 1.32 bits per heavy atom. The summed E-state index contributed by atoms with van der Waals surface area (Å²) in [6.07, 6.45) is 0. The fourth-order valence-electron chi connectivity index (χ4n) is 2.67. The molecule has 1 unspecified atom stereocenters. The number of nitrogens with one attached hydrogen (secondary N) is 2. The van der Waals surface area contributed by atoms with E-state index in [1.807, 2.05) is 22.4 Å². The van der Waals surface area contributed by atoms with Gasteiger partial charge in [-0.3, -0.25) is 9.59 Å². The van der Waals surface area contributed by atoms with Crippen LogP contribution in [0.2, 0.25) is 0 Å². The summed E-state index contributed by atoms with van der Waals surface area (Å²) in [4.78, 5) is 26.4. The Kier molecular flexibility index (Phi) is 6.12. The first-order valence-corrected chi connectivity index (χ1v) is 10.1. The highest BCUT2D eigenvalue weighted by molar-refractivity contribution is 8.01. The fourth-order valence-corrected chi connectivity index (χ4v) is 4.26. The molecule has 1 saturated heterocycles. The molecule has 2 N–H and O–H groups in total. The Labute approximate surface area is 155 Å². The zero-order valence-electron chi connectivity index (χ0n) is 14.0. The number of thioether (sulfide) groups is 1. The minimum absolute atomic E-state index is 0.0412. The number of amides is 2. The van der Waals surface area contributed by atoms with Crippen molar-refractivity contribution in [3.05, 3.63) is 47.3 Å². The number of benzene rings is 1. The molecule has 0 saturated carbocycles. The highest BCUT2D eigenvalue weighted by atomic mass is 32.2. The van der Waals surface area contributed by atoms with E-state index in [0.29, 0.717) is 23.0 Å². The van der Waals surface area contributed by atoms with Crippen molar-refractivity contribution in [2.75, 3.05) is 30.7 Å². The SMILES string of the molecule is CC1CN(C(=O)c2ccc(NC(=O)CSc3cccs3)cc2)CCN1. The molecular weight excluding hydrogens is 354 g/mol. The summed E-state index contributed by atoms with van der Waals surface area (Å²) >= 11 is 3.15. The lowest BCUT2D eigenvalue weighted by Crippen LogP contribution is -2.51. The van der Waals surface area contributed by atoms with Gasteiger partial charge < -0.3 is 15.5 Å². The van der Waals surface area contributed by atoms with Gasteiger partial charge in [-0.05, 0) is 42.6 Å². The summed E-state index contributed by atoms with van der Waals surface area (Å²) < 4.78 is 1.13. The summed E-state index contributed by atoms with van der Waals surface area (Å²) in [5, 5.41) is 8.19. The quantitative estimate of drug-likeness (QED) is 0.789. The second-order valence-corrected chi connectivity index (χ2v) is 8.18. The van der Waals surface area contributed by atoms with Crippen molar-refractivity contribution in [3.63, 3.8) is 0 Å². The molecule has 1 aliphatic heterocycles. The van der Waals surface area contributed by atoms with Crippen LogP contribution in [-0.2, 0) is 4.79 Å². The number of hydrogen-bond acceptors (Lipinski definition) is 5. The van der Waals surface area contributed by atoms with Crippen LogP contribution in [0.5, 0.6) is 0 Å². The van der Waals surface area contributed by atoms with Crippen molar-refractivity contribution in [2.45, 2.75) is 17.2 Å². The van der Waals surface area contributed by atoms with E-state index in [0.717, 1.165) is 23.8 Å². The smallest absolute Gasteiger partial charge is 0.253 e. The predicted octanol–water partition coefficient (Wildman–Crippen LogP) is 2.91. The monoisotopic (exact) mass is 375 g/mol. The number of anilines is 1. The van der Waals surface area contributed by atoms with Crippen LogP contribution >= 0.6 is 23.1 Å². The Hall–Kier alpha value is -1.83. The molecule has 2 heterocycles. The van der Waals surface area contributed by atoms with E-state index in [4.69, 9.17) is 0 Å². The number of carbonyl (C=O) groups is 2. The maximum atomic E-state index is 12.5. The topological polar surface area (TPSA) is 61.4 Å². The van der Waals surface area contributed by atoms with Gasteiger partial charge in [0.2, 0.25) is 5.91 Å². The molecular formula is C18H21N3O2S2. The van der Waals surface area contributed by atoms with Gasteiger partial charge in [0.05, 0.1) is 9.96 Å². The average Bonchev–Trinajstić information content (AvgIpc) is 3.14. The Bertz CT molecular complexity index is 716. The molecule has 0 spiro atoms. The molecule has 132 valence electrons. The zero-order chi connectivity index (χ0) is 17.6. The normalized spacial score (nSPS) is 17.3. The standard InChI is InChI=1S/C18H21N3O2S2/c1-13-11-21(9-8-19-13)18(23)14-4-6-15(7-5-14)20-16(22)12-25-17-3-2-10-24-17/h2-7,10,13,19H,8-9,11-12H2,1H3,(H,20,22). The predicted molar refractivity (Wildman–Crippen MR) is 103 cm³/mol. The molecule has 0 aliphatic carbocycles. The van der Waals surface area contributed by atoms with Gasteiger partial charge in [-0.25, -0.2) is 0 Å². The number of carbonyl (C=O) groups excluding carboxylic acids is 2. The van der Waals surface area contributed by atoms with Crippen LogP contribution in [0.3, 0.4) is 0 Å². The second-order valence-electron chi connectivity index (χ2n) is 5.95. The van der Waals surface area contributed by atoms with E-state index in [1.54, 1.807) is 35.6 Å². The van der Waals surface area contributed by atoms with E-state index in [-0.39, 0.29) is 11.8 Å². The van der Waals surface area contributed by atoms with Gasteiger partial charge in [-0.15, -0.1) is 23.1 Å². The summed E-state index contributed by atoms with van der Waals surface area (Å²) in [6.45, 7) is 4.34. The van der Waals surface area contributed by atoms with Crippen molar-refractivity contribution in [1.82, 2.24) is 10.2 Å². The van der Waals surface area contributed by atoms with Crippen LogP contribution in [0.1, 0.15) is 17.3 Å². The first kappa shape index (κ1) is 18.0. The van der Waals surface area contributed by atoms with Gasteiger partial charge in [-0.2, -0.15) is 0 Å². The third-order valence-corrected chi connectivity index (χ3v) is 6.04. The highest BCUT2D eigenvalue weighted by Crippen LogP contribution is 2.23. The molecule has 25 heavy (non-hydrogen) atoms. The summed E-state index contributed by atoms with van der Waals surface area (Å²) in [5.41, 5.74) is 1.36. The Morgan fingerprint density at radius 3 is 2.80 bits per heavy atom. The van der Waals surface area contributed by atoms with Crippen LogP contribution < -0.4 is 10.6 Å². The van der Waals surface area contributed by atoms with E-state index >= 15 is 0 Å². The zero-order valence-corrected chi connectivity index (χ0v) is 15.7. The minimum Gasteiger partial charge on any atom is -0.336 e. The van der Waals surface area contributed by atoms with Crippen molar-refractivity contribution < 1.29 is 9.59 Å². The summed E-state index contributed by atoms with van der Waals surface area (Å²) in [5.74, 6) is 0.368. The number of rotatable bonds is 5. The van der Waals surface area contributed by atoms with Gasteiger partial charge in [-0.1, -0.05) is 6.07 Å². The molecule has 0 bridgehead atoms. The summed E-state index contributed by atoms with van der Waals surface area (Å²) in [7, 11) is 0. The molecule has 2 aromatic rings. The number of piperazine rings is 1. The lowest BCUT2D eigenvalue weighted by atomic mass is 10.1. The molecule has 5 nitrogen and oxygen atoms in total. The summed E-state index contributed by atoms with van der Waals surface area (Å²) in [6, 6.07) is 11.4. The molecule has 1 fully saturated rings. The first-order chi connectivity index (χ1) is 12.1. The fraction of sp³-hybridized carbons (Fsp3) is 0.333. The van der Waals surface area contributed by atoms with Crippen molar-refractivity contribution in [2.24, 2.45) is 0 Å². The van der Waals surface area contributed by atoms with Gasteiger partial charge in [0, 0.05) is 36.9 Å². The highest BCUT2D eigenvalue weighted by Gasteiger charge is 2.21. The molecule has 1 aromatic heterocycles. The molecule has 0 radical (unpaired) electrons. The second kappa shape index (κ2) is 8.51. The van der Waals surface area contributed by atoms with Crippen molar-refractivity contribution in [1.29, 1.82) is 0 Å². The first-order valence-electron chi connectivity index (χ1n) is 8.21. The van der Waals surface area contributed by atoms with E-state index in [1.165, 1.54) is 11.8 Å². The van der Waals surface area contributed by atoms with Gasteiger partial charge in [0.1, 0.15) is 0 Å². The third kappa shape index (κ3) is 5.07. The molecule has 7 heteroatoms. The van der Waals surface area contributed by atoms with E-state index in [2.05, 4.69) is 17.6 Å². The van der Waals surface area contributed by atoms with Crippen molar-refractivity contribution >= 4 is 40.6 Å². The lowest BCUT2D eigenvalue weighted by Gasteiger charge is -2.32. The van der Waals surface area contributed by atoms with Crippen LogP contribution in [0.25, 0.3) is 0 Å². The van der Waals surface area contributed by atoms with Crippen LogP contribution in [0, 0.1) is 0 Å². The van der Waals surface area contributed by atoms with Gasteiger partial charge >= 0.3 is 0 Å². The molecule has 2 amide bonds. The maximum Gasteiger partial charge on any atom is 0.253 e. The van der Waals surface area contributed by atoms with Gasteiger partial charge in [0.15, 0.2) is 0 Å². The van der Waals surface area contributed by atoms with Crippen molar-refractivity contribution in [3.8, 4) is 0 Å². The number of thiophene rings is 1. The van der Waals surface area contributed by atoms with Crippen LogP contribution in [-0.4, -0.2) is 48.1 Å². The molecule has 1 aromatic carbocycles. The van der Waals surface area contributed by atoms with E-state index in [9.17, 15) is 9.59 Å². The maximum absolute atomic E-state index is 12.5. The number of nitrogens with zero attached hydrogens (tertiary/aromatic N) is 1. The average molecular weight is 376 g/mol. The molecule has 3 rings (SSSR count). The largest absolute Gasteiger partial charge is 0.336 e. The van der Waals surface area contributed by atoms with Gasteiger partial charge in [0.25, 0.3) is 5.91 Å². The number of hydrogen-bond donors (Lipinski definition) is 2. The third-order valence-electron chi connectivity index (χ3n) is 3.91. The van der Waals surface area contributed by atoms with Crippen LogP contribution in [0.15, 0.2) is 46.0 Å². The Balaban J connectivity index is 1.52. The Morgan fingerprint density at radius 2 is 2.12 bits per heavy atom. The molecule has 1 atom stereocenters. The minimum atomic E-state index is -0.0478. The molecule has 1 aliphatic rings. The van der Waals surface area contributed by atoms with Crippen LogP contribution in [0.4, 0.5) is 5.69 Å². The van der Waals surface area contributed by atoms with E-state index < -0.39 is 0 Å².